The first-order chi connectivity index (χ1) is 17.2. The fraction of sp³-hybridized carbons (Fsp3) is 0.321. The monoisotopic (exact) mass is 500 g/mol. The Morgan fingerprint density at radius 1 is 1.14 bits per heavy atom. The van der Waals surface area contributed by atoms with Crippen LogP contribution in [0.5, 0.6) is 5.75 Å². The standard InChI is InChI=1S/C28H31F3N2O3/c1-3-5-10-26(25(7-4-2)27(34)35)32-18-20-9-6-8-19-17-22(13-16-24(19)20)33-21-11-14-23(15-12-21)36-28(29,30)31/h4-5,7,10-17,20,32-33H,3,6,8-9,18H2,1-2H3,(H,34,35)/b7-4-,10-5+,26-25-/t20-/m0/s1. The summed E-state index contributed by atoms with van der Waals surface area (Å²) in [4.78, 5) is 11.8. The molecule has 0 heterocycles. The van der Waals surface area contributed by atoms with Crippen molar-refractivity contribution in [2.75, 3.05) is 11.9 Å². The number of rotatable bonds is 10. The lowest BCUT2D eigenvalue weighted by atomic mass is 9.82. The Labute approximate surface area is 209 Å². The molecule has 192 valence electrons. The summed E-state index contributed by atoms with van der Waals surface area (Å²) in [6, 6.07) is 11.7. The van der Waals surface area contributed by atoms with Crippen LogP contribution in [-0.4, -0.2) is 24.0 Å². The largest absolute Gasteiger partial charge is 0.573 e. The second-order valence-corrected chi connectivity index (χ2v) is 8.52. The summed E-state index contributed by atoms with van der Waals surface area (Å²) in [6.07, 6.45) is 6.08. The highest BCUT2D eigenvalue weighted by atomic mass is 19.4. The minimum Gasteiger partial charge on any atom is -0.478 e. The molecule has 8 heteroatoms. The van der Waals surface area contributed by atoms with Gasteiger partial charge in [0.1, 0.15) is 5.75 Å². The summed E-state index contributed by atoms with van der Waals surface area (Å²) in [5.41, 5.74) is 4.74. The third kappa shape index (κ3) is 7.66. The van der Waals surface area contributed by atoms with E-state index in [0.29, 0.717) is 17.9 Å². The molecule has 0 amide bonds. The van der Waals surface area contributed by atoms with E-state index < -0.39 is 12.3 Å². The zero-order valence-corrected chi connectivity index (χ0v) is 20.4. The summed E-state index contributed by atoms with van der Waals surface area (Å²) in [7, 11) is 0. The molecule has 5 nitrogen and oxygen atoms in total. The van der Waals surface area contributed by atoms with Gasteiger partial charge < -0.3 is 20.5 Å². The molecule has 1 aliphatic carbocycles. The lowest BCUT2D eigenvalue weighted by Gasteiger charge is -2.27. The summed E-state index contributed by atoms with van der Waals surface area (Å²) in [6.45, 7) is 4.40. The molecule has 3 N–H and O–H groups in total. The zero-order chi connectivity index (χ0) is 26.1. The van der Waals surface area contributed by atoms with Gasteiger partial charge >= 0.3 is 12.3 Å². The Bertz CT molecular complexity index is 1140. The highest BCUT2D eigenvalue weighted by molar-refractivity contribution is 5.91. The van der Waals surface area contributed by atoms with Gasteiger partial charge in [-0.1, -0.05) is 25.1 Å². The first-order valence-electron chi connectivity index (χ1n) is 12.0. The van der Waals surface area contributed by atoms with Gasteiger partial charge in [-0.15, -0.1) is 13.2 Å². The molecular weight excluding hydrogens is 469 g/mol. The predicted octanol–water partition coefficient (Wildman–Crippen LogP) is 7.22. The number of anilines is 2. The van der Waals surface area contributed by atoms with Crippen molar-refractivity contribution >= 4 is 17.3 Å². The first kappa shape index (κ1) is 26.9. The maximum Gasteiger partial charge on any atom is 0.573 e. The lowest BCUT2D eigenvalue weighted by Crippen LogP contribution is -2.25. The number of benzene rings is 2. The minimum absolute atomic E-state index is 0.226. The minimum atomic E-state index is -4.72. The van der Waals surface area contributed by atoms with E-state index in [1.807, 2.05) is 25.1 Å². The van der Waals surface area contributed by atoms with Crippen LogP contribution in [0, 0.1) is 0 Å². The van der Waals surface area contributed by atoms with Gasteiger partial charge in [-0.25, -0.2) is 4.79 Å². The lowest BCUT2D eigenvalue weighted by molar-refractivity contribution is -0.274. The molecule has 36 heavy (non-hydrogen) atoms. The van der Waals surface area contributed by atoms with E-state index in [1.165, 1.54) is 35.4 Å². The maximum absolute atomic E-state index is 12.4. The SMILES string of the molecule is C\C=C/C(C(=O)O)=C(\C=C\CC)NC[C@@H]1CCCc2cc(Nc3ccc(OC(F)(F)F)cc3)ccc21. The maximum atomic E-state index is 12.4. The Morgan fingerprint density at radius 3 is 2.50 bits per heavy atom. The van der Waals surface area contributed by atoms with Gasteiger partial charge in [-0.3, -0.25) is 0 Å². The number of alkyl halides is 3. The van der Waals surface area contributed by atoms with Crippen LogP contribution in [0.1, 0.15) is 50.2 Å². The second kappa shape index (κ2) is 12.3. The summed E-state index contributed by atoms with van der Waals surface area (Å²) in [5, 5.41) is 16.2. The first-order valence-corrected chi connectivity index (χ1v) is 12.0. The van der Waals surface area contributed by atoms with Crippen molar-refractivity contribution in [1.29, 1.82) is 0 Å². The molecule has 0 bridgehead atoms. The number of carboxylic acid groups (broad SMARTS) is 1. The molecule has 0 saturated carbocycles. The third-order valence-corrected chi connectivity index (χ3v) is 5.87. The smallest absolute Gasteiger partial charge is 0.478 e. The van der Waals surface area contributed by atoms with E-state index in [0.717, 1.165) is 31.4 Å². The number of hydrogen-bond acceptors (Lipinski definition) is 4. The van der Waals surface area contributed by atoms with Gasteiger partial charge in [-0.05, 0) is 92.3 Å². The van der Waals surface area contributed by atoms with Crippen molar-refractivity contribution in [3.8, 4) is 5.75 Å². The number of ether oxygens (including phenoxy) is 1. The van der Waals surface area contributed by atoms with Crippen LogP contribution in [0.4, 0.5) is 24.5 Å². The third-order valence-electron chi connectivity index (χ3n) is 5.87. The Kier molecular flexibility index (Phi) is 9.22. The van der Waals surface area contributed by atoms with Crippen molar-refractivity contribution in [2.24, 2.45) is 0 Å². The van der Waals surface area contributed by atoms with Gasteiger partial charge in [0, 0.05) is 29.5 Å². The van der Waals surface area contributed by atoms with E-state index in [1.54, 1.807) is 19.1 Å². The molecule has 0 aromatic heterocycles. The van der Waals surface area contributed by atoms with Crippen molar-refractivity contribution in [1.82, 2.24) is 5.32 Å². The number of aryl methyl sites for hydroxylation is 1. The Balaban J connectivity index is 1.73. The fourth-order valence-electron chi connectivity index (χ4n) is 4.27. The van der Waals surface area contributed by atoms with Gasteiger partial charge in [0.2, 0.25) is 0 Å². The van der Waals surface area contributed by atoms with Crippen molar-refractivity contribution in [2.45, 2.75) is 51.8 Å². The molecule has 2 aromatic rings. The van der Waals surface area contributed by atoms with Crippen LogP contribution in [0.2, 0.25) is 0 Å². The number of fused-ring (bicyclic) bond motifs is 1. The van der Waals surface area contributed by atoms with Gasteiger partial charge in [0.25, 0.3) is 0 Å². The Morgan fingerprint density at radius 2 is 1.86 bits per heavy atom. The zero-order valence-electron chi connectivity index (χ0n) is 20.4. The van der Waals surface area contributed by atoms with Gasteiger partial charge in [0.15, 0.2) is 0 Å². The van der Waals surface area contributed by atoms with Gasteiger partial charge in [-0.2, -0.15) is 0 Å². The molecule has 2 aromatic carbocycles. The average molecular weight is 501 g/mol. The molecule has 0 aliphatic heterocycles. The van der Waals surface area contributed by atoms with E-state index in [9.17, 15) is 23.1 Å². The van der Waals surface area contributed by atoms with E-state index >= 15 is 0 Å². The molecule has 1 aliphatic rings. The topological polar surface area (TPSA) is 70.6 Å². The van der Waals surface area contributed by atoms with Crippen LogP contribution in [0.3, 0.4) is 0 Å². The normalized spacial score (nSPS) is 16.5. The highest BCUT2D eigenvalue weighted by Gasteiger charge is 2.31. The molecule has 0 fully saturated rings. The molecule has 1 atom stereocenters. The van der Waals surface area contributed by atoms with E-state index in [-0.39, 0.29) is 17.2 Å². The van der Waals surface area contributed by atoms with Crippen LogP contribution in [0.25, 0.3) is 0 Å². The van der Waals surface area contributed by atoms with E-state index in [4.69, 9.17) is 0 Å². The molecule has 0 radical (unpaired) electrons. The number of aliphatic carboxylic acids is 1. The molecule has 3 rings (SSSR count). The van der Waals surface area contributed by atoms with Crippen molar-refractivity contribution in [3.05, 3.63) is 89.2 Å². The fourth-order valence-corrected chi connectivity index (χ4v) is 4.27. The second-order valence-electron chi connectivity index (χ2n) is 8.52. The Hall–Kier alpha value is -3.68. The number of nitrogens with one attached hydrogen (secondary N) is 2. The highest BCUT2D eigenvalue weighted by Crippen LogP contribution is 2.34. The van der Waals surface area contributed by atoms with Crippen LogP contribution in [-0.2, 0) is 11.2 Å². The van der Waals surface area contributed by atoms with Gasteiger partial charge in [0.05, 0.1) is 5.57 Å². The molecule has 0 saturated heterocycles. The molecule has 0 spiro atoms. The number of hydrogen-bond donors (Lipinski definition) is 3. The van der Waals surface area contributed by atoms with Crippen molar-refractivity contribution in [3.63, 3.8) is 0 Å². The van der Waals surface area contributed by atoms with Crippen molar-refractivity contribution < 1.29 is 27.8 Å². The average Bonchev–Trinajstić information content (AvgIpc) is 2.83. The number of halogens is 3. The summed E-state index contributed by atoms with van der Waals surface area (Å²) >= 11 is 0. The number of carbonyl (C=O) groups is 1. The van der Waals surface area contributed by atoms with Crippen LogP contribution >= 0.6 is 0 Å². The summed E-state index contributed by atoms with van der Waals surface area (Å²) < 4.78 is 41.0. The molecular formula is C28H31F3N2O3. The van der Waals surface area contributed by atoms with Crippen LogP contribution < -0.4 is 15.4 Å². The molecule has 0 unspecified atom stereocenters. The summed E-state index contributed by atoms with van der Waals surface area (Å²) in [5.74, 6) is -1.02. The number of carboxylic acids is 1. The predicted molar refractivity (Wildman–Crippen MR) is 135 cm³/mol. The van der Waals surface area contributed by atoms with Crippen LogP contribution in [0.15, 0.2) is 78.0 Å². The quantitative estimate of drug-likeness (QED) is 0.237. The van der Waals surface area contributed by atoms with E-state index in [2.05, 4.69) is 27.5 Å². The number of allylic oxidation sites excluding steroid dienone is 3.